The minimum absolute atomic E-state index is 0.0204. The number of aromatic nitrogens is 2. The van der Waals surface area contributed by atoms with E-state index in [-0.39, 0.29) is 6.61 Å². The van der Waals surface area contributed by atoms with Crippen LogP contribution in [-0.2, 0) is 20.9 Å². The van der Waals surface area contributed by atoms with E-state index in [0.29, 0.717) is 0 Å². The first kappa shape index (κ1) is 13.8. The van der Waals surface area contributed by atoms with E-state index in [0.717, 1.165) is 28.4 Å². The Morgan fingerprint density at radius 1 is 1.19 bits per heavy atom. The van der Waals surface area contributed by atoms with E-state index in [4.69, 9.17) is 4.18 Å². The molecule has 21 heavy (non-hydrogen) atoms. The van der Waals surface area contributed by atoms with Crippen molar-refractivity contribution in [1.29, 1.82) is 0 Å². The van der Waals surface area contributed by atoms with Gasteiger partial charge in [-0.25, -0.2) is 0 Å². The van der Waals surface area contributed by atoms with Crippen LogP contribution in [0.3, 0.4) is 0 Å². The maximum atomic E-state index is 11.2. The van der Waals surface area contributed by atoms with E-state index < -0.39 is 10.1 Å². The first-order chi connectivity index (χ1) is 10.0. The first-order valence-electron chi connectivity index (χ1n) is 6.38. The lowest BCUT2D eigenvalue weighted by Gasteiger charge is -2.03. The largest absolute Gasteiger partial charge is 0.315 e. The molecule has 0 aliphatic carbocycles. The molecule has 6 heteroatoms. The lowest BCUT2D eigenvalue weighted by molar-refractivity contribution is 0.313. The molecule has 3 aromatic rings. The van der Waals surface area contributed by atoms with Gasteiger partial charge in [0.2, 0.25) is 0 Å². The van der Waals surface area contributed by atoms with Crippen LogP contribution in [0, 0.1) is 0 Å². The van der Waals surface area contributed by atoms with Gasteiger partial charge >= 0.3 is 0 Å². The molecule has 3 rings (SSSR count). The van der Waals surface area contributed by atoms with Gasteiger partial charge in [0.25, 0.3) is 10.1 Å². The second kappa shape index (κ2) is 5.31. The van der Waals surface area contributed by atoms with Crippen molar-refractivity contribution < 1.29 is 12.6 Å². The smallest absolute Gasteiger partial charge is 0.264 e. The van der Waals surface area contributed by atoms with E-state index in [1.807, 2.05) is 47.2 Å². The van der Waals surface area contributed by atoms with Gasteiger partial charge in [-0.15, -0.1) is 0 Å². The third kappa shape index (κ3) is 2.96. The third-order valence-corrected chi connectivity index (χ3v) is 3.69. The van der Waals surface area contributed by atoms with Crippen molar-refractivity contribution in [3.8, 4) is 5.69 Å². The molecule has 0 aliphatic rings. The molecule has 0 bridgehead atoms. The Balaban J connectivity index is 2.10. The highest BCUT2D eigenvalue weighted by Gasteiger charge is 2.11. The number of para-hydroxylation sites is 1. The molecule has 0 spiro atoms. The highest BCUT2D eigenvalue weighted by Crippen LogP contribution is 2.25. The molecule has 0 saturated carbocycles. The Hall–Kier alpha value is -2.18. The predicted molar refractivity (Wildman–Crippen MR) is 80.7 cm³/mol. The fraction of sp³-hybridized carbons (Fsp3) is 0.133. The van der Waals surface area contributed by atoms with Gasteiger partial charge in [-0.05, 0) is 18.2 Å². The van der Waals surface area contributed by atoms with E-state index >= 15 is 0 Å². The van der Waals surface area contributed by atoms with E-state index in [9.17, 15) is 8.42 Å². The van der Waals surface area contributed by atoms with E-state index in [1.165, 1.54) is 0 Å². The van der Waals surface area contributed by atoms with Gasteiger partial charge in [0.15, 0.2) is 0 Å². The number of rotatable bonds is 4. The number of hydrogen-bond donors (Lipinski definition) is 0. The Labute approximate surface area is 122 Å². The molecule has 0 N–H and O–H groups in total. The second-order valence-corrected chi connectivity index (χ2v) is 6.36. The molecule has 5 nitrogen and oxygen atoms in total. The highest BCUT2D eigenvalue weighted by atomic mass is 32.2. The Kier molecular flexibility index (Phi) is 3.48. The van der Waals surface area contributed by atoms with Crippen LogP contribution in [0.15, 0.2) is 55.0 Å². The topological polar surface area (TPSA) is 61.2 Å². The monoisotopic (exact) mass is 302 g/mol. The number of nitrogens with zero attached hydrogens (tertiary/aromatic N) is 2. The van der Waals surface area contributed by atoms with Gasteiger partial charge in [-0.1, -0.05) is 18.2 Å². The molecule has 2 heterocycles. The summed E-state index contributed by atoms with van der Waals surface area (Å²) in [5, 5.41) is 0.963. The second-order valence-electron chi connectivity index (χ2n) is 4.72. The van der Waals surface area contributed by atoms with Crippen molar-refractivity contribution in [1.82, 2.24) is 9.55 Å². The minimum Gasteiger partial charge on any atom is -0.315 e. The molecule has 0 amide bonds. The molecule has 0 fully saturated rings. The average molecular weight is 302 g/mol. The molecular weight excluding hydrogens is 288 g/mol. The Morgan fingerprint density at radius 3 is 2.71 bits per heavy atom. The summed E-state index contributed by atoms with van der Waals surface area (Å²) in [6.07, 6.45) is 6.40. The van der Waals surface area contributed by atoms with Gasteiger partial charge < -0.3 is 4.57 Å². The Morgan fingerprint density at radius 2 is 2.00 bits per heavy atom. The van der Waals surface area contributed by atoms with Crippen LogP contribution in [0.4, 0.5) is 0 Å². The maximum absolute atomic E-state index is 11.2. The predicted octanol–water partition coefficient (Wildman–Crippen LogP) is 2.50. The lowest BCUT2D eigenvalue weighted by atomic mass is 10.2. The van der Waals surface area contributed by atoms with Crippen molar-refractivity contribution in [2.24, 2.45) is 0 Å². The van der Waals surface area contributed by atoms with Gasteiger partial charge in [0.1, 0.15) is 0 Å². The summed E-state index contributed by atoms with van der Waals surface area (Å²) in [5.74, 6) is 0. The fourth-order valence-corrected chi connectivity index (χ4v) is 2.59. The van der Waals surface area contributed by atoms with Gasteiger partial charge in [-0.2, -0.15) is 8.42 Å². The SMILES string of the molecule is CS(=O)(=O)OCc1cn(-c2cccnc2)c2ccccc12. The van der Waals surface area contributed by atoms with E-state index in [1.54, 1.807) is 12.4 Å². The number of benzene rings is 1. The van der Waals surface area contributed by atoms with Crippen molar-refractivity contribution in [2.75, 3.05) is 6.26 Å². The van der Waals surface area contributed by atoms with Crippen molar-refractivity contribution in [2.45, 2.75) is 6.61 Å². The third-order valence-electron chi connectivity index (χ3n) is 3.15. The average Bonchev–Trinajstić information content (AvgIpc) is 2.84. The van der Waals surface area contributed by atoms with Crippen LogP contribution in [0.25, 0.3) is 16.6 Å². The molecule has 0 atom stereocenters. The number of hydrogen-bond acceptors (Lipinski definition) is 4. The van der Waals surface area contributed by atoms with Gasteiger partial charge in [-0.3, -0.25) is 9.17 Å². The summed E-state index contributed by atoms with van der Waals surface area (Å²) in [4.78, 5) is 4.11. The van der Waals surface area contributed by atoms with Crippen LogP contribution < -0.4 is 0 Å². The van der Waals surface area contributed by atoms with E-state index in [2.05, 4.69) is 4.98 Å². The van der Waals surface area contributed by atoms with Crippen molar-refractivity contribution >= 4 is 21.0 Å². The summed E-state index contributed by atoms with van der Waals surface area (Å²) in [6, 6.07) is 11.6. The molecule has 2 aromatic heterocycles. The molecule has 1 aromatic carbocycles. The summed E-state index contributed by atoms with van der Waals surface area (Å²) >= 11 is 0. The zero-order valence-electron chi connectivity index (χ0n) is 11.4. The first-order valence-corrected chi connectivity index (χ1v) is 8.20. The zero-order chi connectivity index (χ0) is 14.9. The highest BCUT2D eigenvalue weighted by molar-refractivity contribution is 7.85. The van der Waals surface area contributed by atoms with Crippen molar-refractivity contribution in [3.05, 3.63) is 60.6 Å². The number of pyridine rings is 1. The number of fused-ring (bicyclic) bond motifs is 1. The lowest BCUT2D eigenvalue weighted by Crippen LogP contribution is -2.02. The molecule has 0 saturated heterocycles. The molecule has 108 valence electrons. The molecule has 0 unspecified atom stereocenters. The summed E-state index contributed by atoms with van der Waals surface area (Å²) in [7, 11) is -3.47. The van der Waals surface area contributed by atoms with Gasteiger partial charge in [0, 0.05) is 23.3 Å². The Bertz CT molecular complexity index is 870. The molecular formula is C15H14N2O3S. The zero-order valence-corrected chi connectivity index (χ0v) is 12.2. The van der Waals surface area contributed by atoms with Crippen LogP contribution in [0.5, 0.6) is 0 Å². The molecule has 0 aliphatic heterocycles. The standard InChI is InChI=1S/C15H14N2O3S/c1-21(18,19)20-11-12-10-17(13-5-4-8-16-9-13)15-7-3-2-6-14(12)15/h2-10H,11H2,1H3. The normalized spacial score (nSPS) is 11.9. The van der Waals surface area contributed by atoms with Crippen LogP contribution in [0.2, 0.25) is 0 Å². The fourth-order valence-electron chi connectivity index (χ4n) is 2.25. The maximum Gasteiger partial charge on any atom is 0.264 e. The summed E-state index contributed by atoms with van der Waals surface area (Å²) in [5.41, 5.74) is 2.72. The quantitative estimate of drug-likeness (QED) is 0.695. The minimum atomic E-state index is -3.47. The molecule has 0 radical (unpaired) electrons. The summed E-state index contributed by atoms with van der Waals surface area (Å²) < 4.78 is 29.2. The van der Waals surface area contributed by atoms with Crippen LogP contribution >= 0.6 is 0 Å². The van der Waals surface area contributed by atoms with Crippen LogP contribution in [-0.4, -0.2) is 24.2 Å². The van der Waals surface area contributed by atoms with Crippen molar-refractivity contribution in [3.63, 3.8) is 0 Å². The van der Waals surface area contributed by atoms with Gasteiger partial charge in [0.05, 0.1) is 30.3 Å². The summed E-state index contributed by atoms with van der Waals surface area (Å²) in [6.45, 7) is 0.0204. The van der Waals surface area contributed by atoms with Crippen LogP contribution in [0.1, 0.15) is 5.56 Å².